The summed E-state index contributed by atoms with van der Waals surface area (Å²) < 4.78 is 1.17. The van der Waals surface area contributed by atoms with E-state index >= 15 is 0 Å². The van der Waals surface area contributed by atoms with Crippen molar-refractivity contribution < 1.29 is 0 Å². The maximum Gasteiger partial charge on any atom is 0.185 e. The van der Waals surface area contributed by atoms with Crippen LogP contribution in [0.15, 0.2) is 27.5 Å². The molecule has 114 valence electrons. The molecule has 1 aliphatic heterocycles. The van der Waals surface area contributed by atoms with Gasteiger partial charge in [0.1, 0.15) is 0 Å². The third kappa shape index (κ3) is 3.48. The average molecular weight is 387 g/mol. The van der Waals surface area contributed by atoms with Crippen molar-refractivity contribution >= 4 is 43.7 Å². The van der Waals surface area contributed by atoms with E-state index in [4.69, 9.17) is 5.73 Å². The molecule has 0 amide bonds. The number of rotatable bonds is 4. The summed E-state index contributed by atoms with van der Waals surface area (Å²) in [6.07, 6.45) is 1.88. The van der Waals surface area contributed by atoms with Crippen molar-refractivity contribution in [1.29, 1.82) is 0 Å². The van der Waals surface area contributed by atoms with Crippen LogP contribution in [0.4, 0.5) is 5.13 Å². The van der Waals surface area contributed by atoms with E-state index in [2.05, 4.69) is 49.8 Å². The molecule has 2 N–H and O–H groups in total. The molecule has 0 aliphatic carbocycles. The highest BCUT2D eigenvalue weighted by Gasteiger charge is 2.29. The van der Waals surface area contributed by atoms with Gasteiger partial charge in [-0.05, 0) is 35.0 Å². The fourth-order valence-corrected chi connectivity index (χ4v) is 5.19. The number of anilines is 1. The molecule has 4 nitrogen and oxygen atoms in total. The quantitative estimate of drug-likeness (QED) is 0.876. The van der Waals surface area contributed by atoms with Gasteiger partial charge in [-0.25, -0.2) is 4.98 Å². The van der Waals surface area contributed by atoms with Gasteiger partial charge >= 0.3 is 0 Å². The van der Waals surface area contributed by atoms with E-state index in [9.17, 15) is 0 Å². The van der Waals surface area contributed by atoms with Gasteiger partial charge in [0.25, 0.3) is 0 Å². The molecule has 0 spiro atoms. The molecule has 0 saturated carbocycles. The van der Waals surface area contributed by atoms with Gasteiger partial charge in [0.05, 0.1) is 9.83 Å². The van der Waals surface area contributed by atoms with Crippen LogP contribution in [0, 0.1) is 0 Å². The van der Waals surface area contributed by atoms with E-state index in [1.807, 2.05) is 11.6 Å². The Morgan fingerprint density at radius 1 is 1.29 bits per heavy atom. The number of halogens is 1. The minimum absolute atomic E-state index is 0.127. The first-order valence-corrected chi connectivity index (χ1v) is 9.53. The minimum Gasteiger partial charge on any atom is -0.346 e. The lowest BCUT2D eigenvalue weighted by atomic mass is 10.1. The van der Waals surface area contributed by atoms with Crippen LogP contribution in [0.25, 0.3) is 0 Å². The number of thiophene rings is 1. The minimum atomic E-state index is 0.127. The van der Waals surface area contributed by atoms with Crippen LogP contribution in [-0.4, -0.2) is 42.1 Å². The smallest absolute Gasteiger partial charge is 0.185 e. The first-order chi connectivity index (χ1) is 10.1. The highest BCUT2D eigenvalue weighted by molar-refractivity contribution is 9.11. The molecule has 1 fully saturated rings. The largest absolute Gasteiger partial charge is 0.346 e. The Morgan fingerprint density at radius 2 is 2.05 bits per heavy atom. The summed E-state index contributed by atoms with van der Waals surface area (Å²) in [5.41, 5.74) is 6.26. The van der Waals surface area contributed by atoms with Crippen molar-refractivity contribution in [3.8, 4) is 0 Å². The van der Waals surface area contributed by atoms with Gasteiger partial charge in [-0.1, -0.05) is 0 Å². The zero-order chi connectivity index (χ0) is 14.8. The van der Waals surface area contributed by atoms with Crippen molar-refractivity contribution in [3.05, 3.63) is 32.4 Å². The molecule has 0 aromatic carbocycles. The molecule has 2 atom stereocenters. The third-order valence-corrected chi connectivity index (χ3v) is 6.31. The second-order valence-electron chi connectivity index (χ2n) is 5.28. The number of nitrogens with zero attached hydrogens (tertiary/aromatic N) is 3. The van der Waals surface area contributed by atoms with Gasteiger partial charge in [0.2, 0.25) is 0 Å². The first kappa shape index (κ1) is 15.4. The van der Waals surface area contributed by atoms with Crippen molar-refractivity contribution in [2.75, 3.05) is 31.1 Å². The summed E-state index contributed by atoms with van der Waals surface area (Å²) in [6.45, 7) is 6.20. The Bertz CT molecular complexity index is 561. The summed E-state index contributed by atoms with van der Waals surface area (Å²) >= 11 is 7.05. The lowest BCUT2D eigenvalue weighted by molar-refractivity contribution is 0.169. The van der Waals surface area contributed by atoms with Gasteiger partial charge in [-0.15, -0.1) is 22.7 Å². The highest BCUT2D eigenvalue weighted by Crippen LogP contribution is 2.33. The number of hydrogen-bond acceptors (Lipinski definition) is 6. The number of aromatic nitrogens is 1. The molecule has 0 radical (unpaired) electrons. The van der Waals surface area contributed by atoms with Crippen molar-refractivity contribution in [2.45, 2.75) is 19.0 Å². The maximum absolute atomic E-state index is 6.26. The van der Waals surface area contributed by atoms with E-state index in [0.29, 0.717) is 6.04 Å². The van der Waals surface area contributed by atoms with E-state index in [-0.39, 0.29) is 6.04 Å². The monoisotopic (exact) mass is 386 g/mol. The molecular weight excluding hydrogens is 368 g/mol. The van der Waals surface area contributed by atoms with Gasteiger partial charge in [0.15, 0.2) is 5.13 Å². The summed E-state index contributed by atoms with van der Waals surface area (Å²) in [4.78, 5) is 10.6. The second kappa shape index (κ2) is 6.75. The normalized spacial score (nSPS) is 19.7. The van der Waals surface area contributed by atoms with Crippen LogP contribution in [0.2, 0.25) is 0 Å². The third-order valence-electron chi connectivity index (χ3n) is 3.78. The fourth-order valence-electron chi connectivity index (χ4n) is 2.82. The Kier molecular flexibility index (Phi) is 4.96. The number of hydrogen-bond donors (Lipinski definition) is 1. The van der Waals surface area contributed by atoms with Crippen molar-refractivity contribution in [2.24, 2.45) is 5.73 Å². The molecule has 1 saturated heterocycles. The van der Waals surface area contributed by atoms with E-state index in [1.54, 1.807) is 22.7 Å². The molecule has 2 aromatic heterocycles. The van der Waals surface area contributed by atoms with Crippen molar-refractivity contribution in [3.63, 3.8) is 0 Å². The van der Waals surface area contributed by atoms with Gasteiger partial charge in [-0.2, -0.15) is 0 Å². The van der Waals surface area contributed by atoms with Gasteiger partial charge in [0, 0.05) is 48.7 Å². The molecular formula is C14H19BrN4S2. The topological polar surface area (TPSA) is 45.4 Å². The van der Waals surface area contributed by atoms with Crippen LogP contribution in [-0.2, 0) is 0 Å². The zero-order valence-electron chi connectivity index (χ0n) is 11.9. The predicted molar refractivity (Wildman–Crippen MR) is 94.3 cm³/mol. The summed E-state index contributed by atoms with van der Waals surface area (Å²) in [5.74, 6) is 0. The molecule has 2 aromatic rings. The Balaban J connectivity index is 1.69. The van der Waals surface area contributed by atoms with Crippen LogP contribution in [0.5, 0.6) is 0 Å². The molecule has 2 unspecified atom stereocenters. The molecule has 3 rings (SSSR count). The maximum atomic E-state index is 6.26. The summed E-state index contributed by atoms with van der Waals surface area (Å²) in [6, 6.07) is 4.73. The Labute approximate surface area is 141 Å². The fraction of sp³-hybridized carbons (Fsp3) is 0.500. The molecule has 7 heteroatoms. The first-order valence-electron chi connectivity index (χ1n) is 7.04. The second-order valence-corrected chi connectivity index (χ2v) is 8.65. The summed E-state index contributed by atoms with van der Waals surface area (Å²) in [7, 11) is 0. The lowest BCUT2D eigenvalue weighted by Gasteiger charge is -2.40. The highest BCUT2D eigenvalue weighted by atomic mass is 79.9. The summed E-state index contributed by atoms with van der Waals surface area (Å²) in [5, 5.41) is 3.17. The number of thiazole rings is 1. The Hall–Kier alpha value is -0.470. The molecule has 21 heavy (non-hydrogen) atoms. The molecule has 1 aliphatic rings. The van der Waals surface area contributed by atoms with Crippen molar-refractivity contribution in [1.82, 2.24) is 9.88 Å². The number of nitrogens with two attached hydrogens (primary N) is 1. The van der Waals surface area contributed by atoms with Gasteiger partial charge < -0.3 is 10.6 Å². The molecule has 0 bridgehead atoms. The predicted octanol–water partition coefficient (Wildman–Crippen LogP) is 3.18. The average Bonchev–Trinajstić information content (AvgIpc) is 3.11. The Morgan fingerprint density at radius 3 is 2.57 bits per heavy atom. The standard InChI is InChI=1S/C14H19BrN4S2/c1-10(16)13(11-2-3-12(15)21-11)18-5-7-19(8-6-18)14-17-4-9-20-14/h2-4,9-10,13H,5-8,16H2,1H3. The lowest BCUT2D eigenvalue weighted by Crippen LogP contribution is -2.50. The van der Waals surface area contributed by atoms with E-state index in [0.717, 1.165) is 31.3 Å². The van der Waals surface area contributed by atoms with Crippen LogP contribution in [0.3, 0.4) is 0 Å². The van der Waals surface area contributed by atoms with E-state index < -0.39 is 0 Å². The van der Waals surface area contributed by atoms with E-state index in [1.165, 1.54) is 8.66 Å². The van der Waals surface area contributed by atoms with Crippen LogP contribution >= 0.6 is 38.6 Å². The molecule has 3 heterocycles. The van der Waals surface area contributed by atoms with Gasteiger partial charge in [-0.3, -0.25) is 4.90 Å². The SMILES string of the molecule is CC(N)C(c1ccc(Br)s1)N1CCN(c2nccs2)CC1. The van der Waals surface area contributed by atoms with Crippen LogP contribution in [0.1, 0.15) is 17.8 Å². The van der Waals surface area contributed by atoms with Crippen LogP contribution < -0.4 is 10.6 Å². The number of piperazine rings is 1. The zero-order valence-corrected chi connectivity index (χ0v) is 15.1.